The average molecular weight is 398 g/mol. The number of rotatable bonds is 4. The maximum absolute atomic E-state index is 13.6. The van der Waals surface area contributed by atoms with E-state index in [1.165, 1.54) is 24.3 Å². The molecule has 0 fully saturated rings. The Labute approximate surface area is 161 Å². The third kappa shape index (κ3) is 3.20. The van der Waals surface area contributed by atoms with Gasteiger partial charge in [0.1, 0.15) is 24.5 Å². The minimum Gasteiger partial charge on any atom is -0.505 e. The monoisotopic (exact) mass is 398 g/mol. The topological polar surface area (TPSA) is 117 Å². The molecule has 146 valence electrons. The number of fused-ring (bicyclic) bond motifs is 3. The van der Waals surface area contributed by atoms with Gasteiger partial charge in [-0.15, -0.1) is 0 Å². The predicted molar refractivity (Wildman–Crippen MR) is 97.5 cm³/mol. The van der Waals surface area contributed by atoms with E-state index < -0.39 is 35.8 Å². The predicted octanol–water partition coefficient (Wildman–Crippen LogP) is 2.35. The number of aromatic hydroxyl groups is 1. The molecule has 1 amide bonds. The molecule has 8 nitrogen and oxygen atoms in total. The second-order valence-corrected chi connectivity index (χ2v) is 6.19. The normalized spacial score (nSPS) is 11.1. The smallest absolute Gasteiger partial charge is 0.322 e. The van der Waals surface area contributed by atoms with E-state index in [4.69, 9.17) is 5.11 Å². The summed E-state index contributed by atoms with van der Waals surface area (Å²) in [4.78, 5) is 27.2. The van der Waals surface area contributed by atoms with Crippen LogP contribution in [0.4, 0.5) is 8.78 Å². The molecule has 0 spiro atoms. The van der Waals surface area contributed by atoms with E-state index in [9.17, 15) is 23.5 Å². The van der Waals surface area contributed by atoms with Crippen LogP contribution in [-0.2, 0) is 4.79 Å². The van der Waals surface area contributed by atoms with E-state index in [0.29, 0.717) is 10.9 Å². The van der Waals surface area contributed by atoms with Crippen molar-refractivity contribution in [1.29, 1.82) is 0 Å². The number of amides is 1. The van der Waals surface area contributed by atoms with Gasteiger partial charge < -0.3 is 15.5 Å². The fourth-order valence-electron chi connectivity index (χ4n) is 3.10. The second kappa shape index (κ2) is 6.82. The molecule has 4 aromatic rings. The lowest BCUT2D eigenvalue weighted by molar-refractivity contribution is -0.135. The number of halogens is 2. The van der Waals surface area contributed by atoms with Crippen LogP contribution in [0.1, 0.15) is 10.5 Å². The molecule has 0 atom stereocenters. The first kappa shape index (κ1) is 18.3. The highest BCUT2D eigenvalue weighted by Crippen LogP contribution is 2.34. The third-order valence-electron chi connectivity index (χ3n) is 4.31. The zero-order valence-electron chi connectivity index (χ0n) is 14.6. The maximum atomic E-state index is 13.6. The zero-order chi connectivity index (χ0) is 20.7. The SMILES string of the molecule is O=C(O)CNC(=O)c1c(O)c2ccc(-c3cc(F)cc(F)c3)cc2c2ncnn12. The summed E-state index contributed by atoms with van der Waals surface area (Å²) in [6.07, 6.45) is 1.16. The molecule has 0 saturated heterocycles. The van der Waals surface area contributed by atoms with Crippen LogP contribution in [0.5, 0.6) is 5.75 Å². The largest absolute Gasteiger partial charge is 0.505 e. The van der Waals surface area contributed by atoms with Crippen molar-refractivity contribution in [3.63, 3.8) is 0 Å². The van der Waals surface area contributed by atoms with Crippen LogP contribution < -0.4 is 5.32 Å². The third-order valence-corrected chi connectivity index (χ3v) is 4.31. The number of pyridine rings is 1. The first-order valence-corrected chi connectivity index (χ1v) is 8.30. The van der Waals surface area contributed by atoms with Gasteiger partial charge in [0.15, 0.2) is 17.1 Å². The Morgan fingerprint density at radius 2 is 1.76 bits per heavy atom. The van der Waals surface area contributed by atoms with E-state index in [0.717, 1.165) is 16.9 Å². The lowest BCUT2D eigenvalue weighted by Crippen LogP contribution is -2.31. The van der Waals surface area contributed by atoms with Crippen molar-refractivity contribution in [2.75, 3.05) is 6.54 Å². The summed E-state index contributed by atoms with van der Waals surface area (Å²) in [5, 5.41) is 26.1. The lowest BCUT2D eigenvalue weighted by Gasteiger charge is -2.12. The van der Waals surface area contributed by atoms with Gasteiger partial charge >= 0.3 is 5.97 Å². The molecule has 4 rings (SSSR count). The highest BCUT2D eigenvalue weighted by molar-refractivity contribution is 6.07. The number of hydrogen-bond donors (Lipinski definition) is 3. The molecule has 2 heterocycles. The molecule has 0 aliphatic carbocycles. The van der Waals surface area contributed by atoms with Crippen molar-refractivity contribution in [1.82, 2.24) is 19.9 Å². The average Bonchev–Trinajstić information content (AvgIpc) is 3.15. The number of carboxylic acid groups (broad SMARTS) is 1. The van der Waals surface area contributed by atoms with Gasteiger partial charge in [-0.1, -0.05) is 6.07 Å². The summed E-state index contributed by atoms with van der Waals surface area (Å²) in [5.41, 5.74) is 0.668. The zero-order valence-corrected chi connectivity index (χ0v) is 14.6. The summed E-state index contributed by atoms with van der Waals surface area (Å²) >= 11 is 0. The number of carbonyl (C=O) groups is 2. The van der Waals surface area contributed by atoms with Crippen molar-refractivity contribution < 1.29 is 28.6 Å². The Morgan fingerprint density at radius 3 is 2.45 bits per heavy atom. The summed E-state index contributed by atoms with van der Waals surface area (Å²) < 4.78 is 28.2. The molecule has 2 aromatic heterocycles. The first-order chi connectivity index (χ1) is 13.8. The van der Waals surface area contributed by atoms with Gasteiger partial charge in [0, 0.05) is 16.8 Å². The minimum atomic E-state index is -1.25. The minimum absolute atomic E-state index is 0.206. The Balaban J connectivity index is 1.92. The van der Waals surface area contributed by atoms with Gasteiger partial charge in [0.05, 0.1) is 0 Å². The van der Waals surface area contributed by atoms with E-state index in [-0.39, 0.29) is 22.3 Å². The number of benzene rings is 2. The van der Waals surface area contributed by atoms with Crippen molar-refractivity contribution in [3.05, 3.63) is 60.1 Å². The van der Waals surface area contributed by atoms with Crippen molar-refractivity contribution in [3.8, 4) is 16.9 Å². The molecule has 0 aliphatic rings. The van der Waals surface area contributed by atoms with E-state index in [1.807, 2.05) is 0 Å². The number of nitrogens with one attached hydrogen (secondary N) is 1. The first-order valence-electron chi connectivity index (χ1n) is 8.30. The molecule has 0 aliphatic heterocycles. The Morgan fingerprint density at radius 1 is 1.03 bits per heavy atom. The van der Waals surface area contributed by atoms with E-state index in [2.05, 4.69) is 15.4 Å². The molecule has 0 radical (unpaired) electrons. The number of carboxylic acids is 1. The van der Waals surface area contributed by atoms with Crippen LogP contribution in [0.3, 0.4) is 0 Å². The molecule has 0 saturated carbocycles. The Bertz CT molecular complexity index is 1280. The summed E-state index contributed by atoms with van der Waals surface area (Å²) in [7, 11) is 0. The lowest BCUT2D eigenvalue weighted by atomic mass is 10.0. The van der Waals surface area contributed by atoms with E-state index in [1.54, 1.807) is 6.07 Å². The van der Waals surface area contributed by atoms with Gasteiger partial charge in [-0.3, -0.25) is 9.59 Å². The Kier molecular flexibility index (Phi) is 4.30. The molecule has 0 bridgehead atoms. The summed E-state index contributed by atoms with van der Waals surface area (Å²) in [6.45, 7) is -0.642. The quantitative estimate of drug-likeness (QED) is 0.486. The molecule has 2 aromatic carbocycles. The number of aliphatic carboxylic acids is 1. The van der Waals surface area contributed by atoms with Crippen molar-refractivity contribution >= 4 is 28.3 Å². The van der Waals surface area contributed by atoms with Gasteiger partial charge in [0.25, 0.3) is 5.91 Å². The molecular weight excluding hydrogens is 386 g/mol. The molecular formula is C19H12F2N4O4. The number of hydrogen-bond acceptors (Lipinski definition) is 5. The Hall–Kier alpha value is -4.08. The van der Waals surface area contributed by atoms with Crippen LogP contribution in [0, 0.1) is 11.6 Å². The van der Waals surface area contributed by atoms with Gasteiger partial charge in [-0.2, -0.15) is 5.10 Å². The van der Waals surface area contributed by atoms with Crippen LogP contribution in [0.15, 0.2) is 42.7 Å². The molecule has 3 N–H and O–H groups in total. The summed E-state index contributed by atoms with van der Waals surface area (Å²) in [6, 6.07) is 7.66. The second-order valence-electron chi connectivity index (χ2n) is 6.19. The fraction of sp³-hybridized carbons (Fsp3) is 0.0526. The molecule has 0 unspecified atom stereocenters. The maximum Gasteiger partial charge on any atom is 0.322 e. The molecule has 10 heteroatoms. The van der Waals surface area contributed by atoms with Crippen LogP contribution in [0.2, 0.25) is 0 Å². The number of aromatic nitrogens is 3. The summed E-state index contributed by atoms with van der Waals surface area (Å²) in [5.74, 6) is -4.00. The molecule has 29 heavy (non-hydrogen) atoms. The van der Waals surface area contributed by atoms with Crippen LogP contribution in [0.25, 0.3) is 27.5 Å². The van der Waals surface area contributed by atoms with Crippen LogP contribution in [-0.4, -0.2) is 43.2 Å². The number of nitrogens with zero attached hydrogens (tertiary/aromatic N) is 3. The van der Waals surface area contributed by atoms with Gasteiger partial charge in [-0.25, -0.2) is 18.3 Å². The fourth-order valence-corrected chi connectivity index (χ4v) is 3.10. The van der Waals surface area contributed by atoms with Crippen LogP contribution >= 0.6 is 0 Å². The van der Waals surface area contributed by atoms with Gasteiger partial charge in [0.2, 0.25) is 0 Å². The van der Waals surface area contributed by atoms with Crippen molar-refractivity contribution in [2.45, 2.75) is 0 Å². The number of carbonyl (C=O) groups excluding carboxylic acids is 1. The standard InChI is InChI=1S/C19H12F2N4O4/c20-11-3-10(4-12(21)6-11)9-1-2-13-14(5-9)18-23-8-24-25(18)16(17(13)28)19(29)22-7-15(26)27/h1-6,8,28H,7H2,(H,22,29)(H,26,27). The van der Waals surface area contributed by atoms with Gasteiger partial charge in [-0.05, 0) is 35.4 Å². The van der Waals surface area contributed by atoms with Crippen molar-refractivity contribution in [2.24, 2.45) is 0 Å². The highest BCUT2D eigenvalue weighted by Gasteiger charge is 2.22. The van der Waals surface area contributed by atoms with E-state index >= 15 is 0 Å². The highest BCUT2D eigenvalue weighted by atomic mass is 19.1.